The molecule has 3 aromatic rings. The van der Waals surface area contributed by atoms with Crippen LogP contribution in [0.2, 0.25) is 0 Å². The minimum atomic E-state index is -0.282. The van der Waals surface area contributed by atoms with E-state index < -0.39 is 0 Å². The molecule has 4 nitrogen and oxygen atoms in total. The van der Waals surface area contributed by atoms with Crippen molar-refractivity contribution in [3.05, 3.63) is 101 Å². The maximum absolute atomic E-state index is 13.1. The summed E-state index contributed by atoms with van der Waals surface area (Å²) in [5.41, 5.74) is 4.60. The first-order valence-electron chi connectivity index (χ1n) is 8.06. The Bertz CT molecular complexity index is 893. The molecule has 0 aromatic heterocycles. The molecule has 0 saturated carbocycles. The molecule has 0 aliphatic carbocycles. The Kier molecular flexibility index (Phi) is 5.72. The minimum Gasteiger partial charge on any atom is -0.489 e. The summed E-state index contributed by atoms with van der Waals surface area (Å²) in [5.74, 6) is 0.117. The van der Waals surface area contributed by atoms with Crippen LogP contribution in [0.4, 0.5) is 4.39 Å². The van der Waals surface area contributed by atoms with Crippen LogP contribution in [-0.4, -0.2) is 12.1 Å². The van der Waals surface area contributed by atoms with E-state index in [4.69, 9.17) is 4.74 Å². The zero-order valence-corrected chi connectivity index (χ0v) is 13.9. The third kappa shape index (κ3) is 5.01. The lowest BCUT2D eigenvalue weighted by molar-refractivity contribution is 0.0955. The molecule has 3 rings (SSSR count). The topological polar surface area (TPSA) is 50.7 Å². The Morgan fingerprint density at radius 3 is 2.50 bits per heavy atom. The smallest absolute Gasteiger partial charge is 0.271 e. The van der Waals surface area contributed by atoms with Crippen molar-refractivity contribution in [2.24, 2.45) is 5.10 Å². The van der Waals surface area contributed by atoms with Crippen LogP contribution < -0.4 is 10.2 Å². The van der Waals surface area contributed by atoms with Gasteiger partial charge in [0, 0.05) is 5.56 Å². The van der Waals surface area contributed by atoms with Crippen LogP contribution in [-0.2, 0) is 6.61 Å². The van der Waals surface area contributed by atoms with E-state index in [2.05, 4.69) is 10.5 Å². The highest BCUT2D eigenvalue weighted by atomic mass is 19.1. The summed E-state index contributed by atoms with van der Waals surface area (Å²) in [4.78, 5) is 11.9. The van der Waals surface area contributed by atoms with Gasteiger partial charge in [-0.1, -0.05) is 30.3 Å². The molecule has 0 radical (unpaired) electrons. The highest BCUT2D eigenvalue weighted by molar-refractivity contribution is 5.94. The second-order valence-electron chi connectivity index (χ2n) is 5.55. The van der Waals surface area contributed by atoms with E-state index in [0.29, 0.717) is 17.9 Å². The van der Waals surface area contributed by atoms with Crippen molar-refractivity contribution in [2.45, 2.75) is 6.61 Å². The molecule has 0 saturated heterocycles. The van der Waals surface area contributed by atoms with E-state index in [-0.39, 0.29) is 11.7 Å². The van der Waals surface area contributed by atoms with Crippen LogP contribution in [0.5, 0.6) is 5.75 Å². The molecule has 26 heavy (non-hydrogen) atoms. The minimum absolute atomic E-state index is 0.267. The Labute approximate surface area is 150 Å². The van der Waals surface area contributed by atoms with E-state index in [0.717, 1.165) is 11.1 Å². The van der Waals surface area contributed by atoms with Crippen molar-refractivity contribution in [1.82, 2.24) is 5.43 Å². The molecule has 1 amide bonds. The molecule has 5 heteroatoms. The molecule has 0 bridgehead atoms. The fourth-order valence-corrected chi connectivity index (χ4v) is 2.26. The number of ether oxygens (including phenoxy) is 1. The molecule has 1 N–H and O–H groups in total. The van der Waals surface area contributed by atoms with Crippen molar-refractivity contribution >= 4 is 12.1 Å². The summed E-state index contributed by atoms with van der Waals surface area (Å²) in [6.45, 7) is 0.290. The lowest BCUT2D eigenvalue weighted by Crippen LogP contribution is -2.17. The van der Waals surface area contributed by atoms with Gasteiger partial charge in [-0.05, 0) is 59.7 Å². The monoisotopic (exact) mass is 348 g/mol. The normalized spacial score (nSPS) is 10.7. The summed E-state index contributed by atoms with van der Waals surface area (Å²) in [6, 6.07) is 22.4. The number of carbonyl (C=O) groups excluding carboxylic acids is 1. The number of benzene rings is 3. The third-order valence-electron chi connectivity index (χ3n) is 3.59. The molecular formula is C21H17FN2O2. The number of rotatable bonds is 6. The fourth-order valence-electron chi connectivity index (χ4n) is 2.26. The first kappa shape index (κ1) is 17.4. The summed E-state index contributed by atoms with van der Waals surface area (Å²) in [7, 11) is 0. The third-order valence-corrected chi connectivity index (χ3v) is 3.59. The zero-order chi connectivity index (χ0) is 18.2. The van der Waals surface area contributed by atoms with Gasteiger partial charge >= 0.3 is 0 Å². The Balaban J connectivity index is 1.52. The summed E-state index contributed by atoms with van der Waals surface area (Å²) < 4.78 is 18.8. The van der Waals surface area contributed by atoms with Crippen LogP contribution in [0.15, 0.2) is 84.0 Å². The Morgan fingerprint density at radius 1 is 1.00 bits per heavy atom. The van der Waals surface area contributed by atoms with Gasteiger partial charge in [-0.2, -0.15) is 5.10 Å². The Morgan fingerprint density at radius 2 is 1.77 bits per heavy atom. The first-order valence-corrected chi connectivity index (χ1v) is 8.06. The van der Waals surface area contributed by atoms with E-state index in [1.54, 1.807) is 54.7 Å². The maximum atomic E-state index is 13.1. The second kappa shape index (κ2) is 8.58. The van der Waals surface area contributed by atoms with E-state index in [1.165, 1.54) is 12.1 Å². The quantitative estimate of drug-likeness (QED) is 0.537. The second-order valence-corrected chi connectivity index (χ2v) is 5.55. The largest absolute Gasteiger partial charge is 0.489 e. The molecular weight excluding hydrogens is 331 g/mol. The highest BCUT2D eigenvalue weighted by Crippen LogP contribution is 2.14. The average molecular weight is 348 g/mol. The van der Waals surface area contributed by atoms with Gasteiger partial charge in [0.05, 0.1) is 6.21 Å². The molecule has 0 heterocycles. The number of carbonyl (C=O) groups is 1. The lowest BCUT2D eigenvalue weighted by Gasteiger charge is -2.06. The summed E-state index contributed by atoms with van der Waals surface area (Å²) in [5, 5.41) is 3.94. The first-order chi connectivity index (χ1) is 12.7. The number of hydrazone groups is 1. The van der Waals surface area contributed by atoms with Crippen molar-refractivity contribution in [1.29, 1.82) is 0 Å². The van der Waals surface area contributed by atoms with Crippen LogP contribution in [0.3, 0.4) is 0 Å². The SMILES string of the molecule is O=C(NN=Cc1ccc(OCc2cccc(F)c2)cc1)c1ccccc1. The summed E-state index contributed by atoms with van der Waals surface area (Å²) in [6.07, 6.45) is 1.55. The molecule has 0 unspecified atom stereocenters. The molecule has 0 spiro atoms. The van der Waals surface area contributed by atoms with Gasteiger partial charge in [0.25, 0.3) is 5.91 Å². The van der Waals surface area contributed by atoms with Gasteiger partial charge < -0.3 is 4.74 Å². The van der Waals surface area contributed by atoms with E-state index in [1.807, 2.05) is 18.2 Å². The highest BCUT2D eigenvalue weighted by Gasteiger charge is 2.02. The van der Waals surface area contributed by atoms with Gasteiger partial charge in [-0.25, -0.2) is 9.82 Å². The predicted octanol–water partition coefficient (Wildman–Crippen LogP) is 4.17. The number of amides is 1. The maximum Gasteiger partial charge on any atom is 0.271 e. The van der Waals surface area contributed by atoms with Gasteiger partial charge in [-0.3, -0.25) is 4.79 Å². The molecule has 0 fully saturated rings. The number of halogens is 1. The predicted molar refractivity (Wildman–Crippen MR) is 98.7 cm³/mol. The van der Waals surface area contributed by atoms with Crippen LogP contribution >= 0.6 is 0 Å². The van der Waals surface area contributed by atoms with Gasteiger partial charge in [0.1, 0.15) is 18.2 Å². The molecule has 0 aliphatic heterocycles. The number of hydrogen-bond donors (Lipinski definition) is 1. The molecule has 130 valence electrons. The Hall–Kier alpha value is -3.47. The van der Waals surface area contributed by atoms with Crippen molar-refractivity contribution in [3.8, 4) is 5.75 Å². The van der Waals surface area contributed by atoms with Gasteiger partial charge in [0.2, 0.25) is 0 Å². The van der Waals surface area contributed by atoms with Crippen molar-refractivity contribution in [3.63, 3.8) is 0 Å². The van der Waals surface area contributed by atoms with E-state index in [9.17, 15) is 9.18 Å². The fraction of sp³-hybridized carbons (Fsp3) is 0.0476. The molecule has 3 aromatic carbocycles. The standard InChI is InChI=1S/C21H17FN2O2/c22-19-8-4-5-17(13-19)15-26-20-11-9-16(10-12-20)14-23-24-21(25)18-6-2-1-3-7-18/h1-14H,15H2,(H,24,25). The molecule has 0 aliphatic rings. The molecule has 0 atom stereocenters. The lowest BCUT2D eigenvalue weighted by atomic mass is 10.2. The number of nitrogens with one attached hydrogen (secondary N) is 1. The average Bonchev–Trinajstić information content (AvgIpc) is 2.68. The van der Waals surface area contributed by atoms with Crippen LogP contribution in [0.25, 0.3) is 0 Å². The van der Waals surface area contributed by atoms with E-state index >= 15 is 0 Å². The number of hydrogen-bond acceptors (Lipinski definition) is 3. The van der Waals surface area contributed by atoms with Crippen molar-refractivity contribution in [2.75, 3.05) is 0 Å². The zero-order valence-electron chi connectivity index (χ0n) is 13.9. The van der Waals surface area contributed by atoms with Crippen molar-refractivity contribution < 1.29 is 13.9 Å². The number of nitrogens with zero attached hydrogens (tertiary/aromatic N) is 1. The van der Waals surface area contributed by atoms with Crippen LogP contribution in [0, 0.1) is 5.82 Å². The van der Waals surface area contributed by atoms with Gasteiger partial charge in [0.15, 0.2) is 0 Å². The van der Waals surface area contributed by atoms with Gasteiger partial charge in [-0.15, -0.1) is 0 Å². The van der Waals surface area contributed by atoms with Crippen LogP contribution in [0.1, 0.15) is 21.5 Å². The summed E-state index contributed by atoms with van der Waals surface area (Å²) >= 11 is 0.